The van der Waals surface area contributed by atoms with E-state index >= 15 is 0 Å². The fourth-order valence-electron chi connectivity index (χ4n) is 3.62. The van der Waals surface area contributed by atoms with Crippen LogP contribution in [0.2, 0.25) is 5.02 Å². The van der Waals surface area contributed by atoms with E-state index in [-0.39, 0.29) is 5.56 Å². The van der Waals surface area contributed by atoms with Crippen molar-refractivity contribution in [3.05, 3.63) is 76.2 Å². The lowest BCUT2D eigenvalue weighted by molar-refractivity contribution is 0.862. The molecule has 4 aromatic rings. The number of benzene rings is 1. The van der Waals surface area contributed by atoms with Crippen molar-refractivity contribution in [2.45, 2.75) is 12.8 Å². The van der Waals surface area contributed by atoms with Crippen LogP contribution in [-0.2, 0) is 7.05 Å². The molecule has 1 aliphatic carbocycles. The second kappa shape index (κ2) is 8.52. The highest BCUT2D eigenvalue weighted by atomic mass is 35.5. The molecule has 1 fully saturated rings. The number of anilines is 1. The second-order valence-electron chi connectivity index (χ2n) is 8.09. The molecule has 8 nitrogen and oxygen atoms in total. The minimum Gasteiger partial charge on any atom is -0.354 e. The molecule has 0 unspecified atom stereocenters. The molecule has 33 heavy (non-hydrogen) atoms. The Hall–Kier alpha value is -3.96. The lowest BCUT2D eigenvalue weighted by Gasteiger charge is -2.11. The highest BCUT2D eigenvalue weighted by Gasteiger charge is 2.21. The van der Waals surface area contributed by atoms with Gasteiger partial charge in [0.15, 0.2) is 0 Å². The van der Waals surface area contributed by atoms with Gasteiger partial charge in [0, 0.05) is 61.1 Å². The topological polar surface area (TPSA) is 101 Å². The minimum atomic E-state index is -0.140. The van der Waals surface area contributed by atoms with Crippen molar-refractivity contribution in [3.8, 4) is 34.0 Å². The smallest absolute Gasteiger partial charge is 0.250 e. The van der Waals surface area contributed by atoms with Gasteiger partial charge < -0.3 is 9.88 Å². The van der Waals surface area contributed by atoms with E-state index in [1.807, 2.05) is 6.20 Å². The van der Waals surface area contributed by atoms with Crippen LogP contribution in [0.4, 0.5) is 5.95 Å². The first-order chi connectivity index (χ1) is 16.0. The van der Waals surface area contributed by atoms with Gasteiger partial charge in [0.05, 0.1) is 22.5 Å². The van der Waals surface area contributed by atoms with Gasteiger partial charge in [0.2, 0.25) is 5.95 Å². The number of rotatable bonds is 6. The van der Waals surface area contributed by atoms with Crippen molar-refractivity contribution < 1.29 is 0 Å². The molecule has 5 rings (SSSR count). The Morgan fingerprint density at radius 1 is 1.15 bits per heavy atom. The van der Waals surface area contributed by atoms with E-state index in [0.717, 1.165) is 29.2 Å². The van der Waals surface area contributed by atoms with Crippen molar-refractivity contribution in [1.29, 1.82) is 5.26 Å². The molecule has 0 spiro atoms. The number of nitrogens with one attached hydrogen (secondary N) is 1. The third-order valence-corrected chi connectivity index (χ3v) is 6.00. The van der Waals surface area contributed by atoms with Crippen molar-refractivity contribution in [3.63, 3.8) is 0 Å². The van der Waals surface area contributed by atoms with Gasteiger partial charge in [0.25, 0.3) is 5.56 Å². The zero-order chi connectivity index (χ0) is 22.9. The van der Waals surface area contributed by atoms with E-state index < -0.39 is 0 Å². The molecule has 0 radical (unpaired) electrons. The number of pyridine rings is 1. The predicted octanol–water partition coefficient (Wildman–Crippen LogP) is 4.04. The number of hydrogen-bond acceptors (Lipinski definition) is 6. The maximum Gasteiger partial charge on any atom is 0.250 e. The van der Waals surface area contributed by atoms with Gasteiger partial charge in [-0.15, -0.1) is 0 Å². The SMILES string of the molecule is Cn1cc(-c2cnn(-c3cccc(Cl)c3C#N)c2)c(-c2cnc(NCC3CC3)nc2)cc1=O. The second-order valence-corrected chi connectivity index (χ2v) is 8.50. The summed E-state index contributed by atoms with van der Waals surface area (Å²) < 4.78 is 3.12. The fraction of sp³-hybridized carbons (Fsp3) is 0.208. The summed E-state index contributed by atoms with van der Waals surface area (Å²) in [5, 5.41) is 17.6. The standard InChI is InChI=1S/C24H20ClN7O/c1-31-14-20(17-12-30-32(13-17)22-4-2-3-21(25)19(22)8-26)18(7-23(31)33)16-10-28-24(29-11-16)27-9-15-5-6-15/h2-4,7,10-15H,5-6,9H2,1H3,(H,27,28,29). The molecule has 1 aliphatic rings. The summed E-state index contributed by atoms with van der Waals surface area (Å²) in [5.41, 5.74) is 3.80. The Balaban J connectivity index is 1.53. The molecule has 3 aromatic heterocycles. The van der Waals surface area contributed by atoms with Crippen LogP contribution in [-0.4, -0.2) is 30.9 Å². The molecule has 0 amide bonds. The van der Waals surface area contributed by atoms with E-state index in [1.165, 1.54) is 17.4 Å². The molecule has 9 heteroatoms. The molecule has 0 atom stereocenters. The fourth-order valence-corrected chi connectivity index (χ4v) is 3.83. The maximum atomic E-state index is 12.4. The van der Waals surface area contributed by atoms with E-state index in [1.54, 1.807) is 60.8 Å². The van der Waals surface area contributed by atoms with Crippen LogP contribution in [0.25, 0.3) is 27.9 Å². The van der Waals surface area contributed by atoms with Gasteiger partial charge in [-0.2, -0.15) is 10.4 Å². The third-order valence-electron chi connectivity index (χ3n) is 5.68. The van der Waals surface area contributed by atoms with E-state index in [2.05, 4.69) is 26.5 Å². The molecule has 164 valence electrons. The van der Waals surface area contributed by atoms with Gasteiger partial charge in [-0.25, -0.2) is 14.6 Å². The summed E-state index contributed by atoms with van der Waals surface area (Å²) in [6.07, 6.45) is 11.2. The molecule has 3 heterocycles. The zero-order valence-electron chi connectivity index (χ0n) is 17.9. The minimum absolute atomic E-state index is 0.140. The number of nitriles is 1. The van der Waals surface area contributed by atoms with Gasteiger partial charge in [0.1, 0.15) is 6.07 Å². The molecule has 0 saturated heterocycles. The summed E-state index contributed by atoms with van der Waals surface area (Å²) in [5.74, 6) is 1.29. The predicted molar refractivity (Wildman–Crippen MR) is 126 cm³/mol. The van der Waals surface area contributed by atoms with Crippen molar-refractivity contribution >= 4 is 17.5 Å². The number of aryl methyl sites for hydroxylation is 1. The van der Waals surface area contributed by atoms with Gasteiger partial charge in [-0.1, -0.05) is 17.7 Å². The van der Waals surface area contributed by atoms with Crippen LogP contribution in [0, 0.1) is 17.2 Å². The number of nitrogens with zero attached hydrogens (tertiary/aromatic N) is 6. The Bertz CT molecular complexity index is 1430. The molecular weight excluding hydrogens is 438 g/mol. The summed E-state index contributed by atoms with van der Waals surface area (Å²) >= 11 is 6.18. The quantitative estimate of drug-likeness (QED) is 0.468. The Kier molecular flexibility index (Phi) is 5.40. The molecular formula is C24H20ClN7O. The highest BCUT2D eigenvalue weighted by molar-refractivity contribution is 6.32. The number of halogens is 1. The van der Waals surface area contributed by atoms with E-state index in [0.29, 0.717) is 27.8 Å². The highest BCUT2D eigenvalue weighted by Crippen LogP contribution is 2.32. The first-order valence-corrected chi connectivity index (χ1v) is 10.9. The Morgan fingerprint density at radius 3 is 2.67 bits per heavy atom. The first-order valence-electron chi connectivity index (χ1n) is 10.5. The zero-order valence-corrected chi connectivity index (χ0v) is 18.6. The van der Waals surface area contributed by atoms with Crippen LogP contribution in [0.5, 0.6) is 0 Å². The van der Waals surface area contributed by atoms with Crippen LogP contribution in [0.15, 0.2) is 60.0 Å². The first kappa shape index (κ1) is 20.9. The summed E-state index contributed by atoms with van der Waals surface area (Å²) in [7, 11) is 1.70. The molecule has 1 N–H and O–H groups in total. The largest absolute Gasteiger partial charge is 0.354 e. The molecule has 1 saturated carbocycles. The molecule has 1 aromatic carbocycles. The van der Waals surface area contributed by atoms with Crippen LogP contribution in [0.3, 0.4) is 0 Å². The van der Waals surface area contributed by atoms with Crippen LogP contribution in [0.1, 0.15) is 18.4 Å². The molecule has 0 bridgehead atoms. The number of aromatic nitrogens is 5. The van der Waals surface area contributed by atoms with E-state index in [9.17, 15) is 10.1 Å². The van der Waals surface area contributed by atoms with Gasteiger partial charge in [-0.05, 0) is 36.5 Å². The van der Waals surface area contributed by atoms with E-state index in [4.69, 9.17) is 11.6 Å². The van der Waals surface area contributed by atoms with Gasteiger partial charge in [-0.3, -0.25) is 4.79 Å². The lowest BCUT2D eigenvalue weighted by atomic mass is 10.0. The third kappa shape index (κ3) is 4.23. The summed E-state index contributed by atoms with van der Waals surface area (Å²) in [4.78, 5) is 21.3. The summed E-state index contributed by atoms with van der Waals surface area (Å²) in [6.45, 7) is 0.879. The van der Waals surface area contributed by atoms with Crippen LogP contribution < -0.4 is 10.9 Å². The van der Waals surface area contributed by atoms with Crippen molar-refractivity contribution in [2.24, 2.45) is 13.0 Å². The Labute approximate surface area is 195 Å². The maximum absolute atomic E-state index is 12.4. The monoisotopic (exact) mass is 457 g/mol. The number of hydrogen-bond donors (Lipinski definition) is 1. The normalized spacial score (nSPS) is 13.0. The van der Waals surface area contributed by atoms with Gasteiger partial charge >= 0.3 is 0 Å². The van der Waals surface area contributed by atoms with Crippen molar-refractivity contribution in [2.75, 3.05) is 11.9 Å². The summed E-state index contributed by atoms with van der Waals surface area (Å²) in [6, 6.07) is 8.93. The Morgan fingerprint density at radius 2 is 1.94 bits per heavy atom. The average Bonchev–Trinajstić information content (AvgIpc) is 3.53. The van der Waals surface area contributed by atoms with Crippen molar-refractivity contribution in [1.82, 2.24) is 24.3 Å². The van der Waals surface area contributed by atoms with Crippen LogP contribution >= 0.6 is 11.6 Å². The average molecular weight is 458 g/mol. The molecule has 0 aliphatic heterocycles. The lowest BCUT2D eigenvalue weighted by Crippen LogP contribution is -2.15.